The minimum Gasteiger partial charge on any atom is -0.462 e. The van der Waals surface area contributed by atoms with Gasteiger partial charge in [-0.3, -0.25) is 14.4 Å². The fourth-order valence-corrected chi connectivity index (χ4v) is 9.28. The summed E-state index contributed by atoms with van der Waals surface area (Å²) >= 11 is 0. The molecule has 0 N–H and O–H groups in total. The Balaban J connectivity index is 4.20. The molecule has 0 unspecified atom stereocenters. The van der Waals surface area contributed by atoms with E-state index in [4.69, 9.17) is 14.2 Å². The number of esters is 3. The number of ether oxygens (including phenoxy) is 3. The minimum absolute atomic E-state index is 0.0617. The zero-order valence-electron chi connectivity index (χ0n) is 45.2. The average Bonchev–Trinajstić information content (AvgIpc) is 3.30. The lowest BCUT2D eigenvalue weighted by atomic mass is 10.0. The van der Waals surface area contributed by atoms with Crippen LogP contribution in [0.15, 0.2) is 0 Å². The van der Waals surface area contributed by atoms with E-state index in [1.807, 2.05) is 0 Å². The fraction of sp³-hybridized carbons (Fsp3) is 0.950. The molecule has 6 nitrogen and oxygen atoms in total. The van der Waals surface area contributed by atoms with Crippen molar-refractivity contribution in [3.8, 4) is 0 Å². The highest BCUT2D eigenvalue weighted by Gasteiger charge is 2.19. The van der Waals surface area contributed by atoms with Crippen molar-refractivity contribution in [2.75, 3.05) is 13.2 Å². The number of rotatable bonds is 55. The van der Waals surface area contributed by atoms with Gasteiger partial charge in [-0.1, -0.05) is 304 Å². The summed E-state index contributed by atoms with van der Waals surface area (Å²) in [5, 5.41) is 0. The highest BCUT2D eigenvalue weighted by molar-refractivity contribution is 5.71. The predicted molar refractivity (Wildman–Crippen MR) is 284 cm³/mol. The monoisotopic (exact) mass is 933 g/mol. The van der Waals surface area contributed by atoms with Crippen LogP contribution >= 0.6 is 0 Å². The Hall–Kier alpha value is -1.59. The van der Waals surface area contributed by atoms with Gasteiger partial charge >= 0.3 is 17.9 Å². The first-order valence-corrected chi connectivity index (χ1v) is 29.9. The number of hydrogen-bond donors (Lipinski definition) is 0. The number of carbonyl (C=O) groups excluding carboxylic acids is 3. The summed E-state index contributed by atoms with van der Waals surface area (Å²) in [5.41, 5.74) is 0. The van der Waals surface area contributed by atoms with E-state index >= 15 is 0 Å². The molecule has 392 valence electrons. The van der Waals surface area contributed by atoms with E-state index in [-0.39, 0.29) is 31.1 Å². The van der Waals surface area contributed by atoms with E-state index in [2.05, 4.69) is 27.7 Å². The maximum atomic E-state index is 12.8. The summed E-state index contributed by atoms with van der Waals surface area (Å²) in [6.45, 7) is 9.07. The van der Waals surface area contributed by atoms with Crippen molar-refractivity contribution in [2.24, 2.45) is 5.92 Å². The Morgan fingerprint density at radius 1 is 0.288 bits per heavy atom. The maximum Gasteiger partial charge on any atom is 0.306 e. The van der Waals surface area contributed by atoms with Crippen molar-refractivity contribution >= 4 is 17.9 Å². The molecule has 0 aromatic rings. The van der Waals surface area contributed by atoms with E-state index in [9.17, 15) is 14.4 Å². The van der Waals surface area contributed by atoms with Crippen molar-refractivity contribution < 1.29 is 28.6 Å². The zero-order valence-corrected chi connectivity index (χ0v) is 45.2. The summed E-state index contributed by atoms with van der Waals surface area (Å²) in [7, 11) is 0. The van der Waals surface area contributed by atoms with Gasteiger partial charge in [0.15, 0.2) is 6.10 Å². The molecule has 0 aromatic heterocycles. The second-order valence-electron chi connectivity index (χ2n) is 21.1. The van der Waals surface area contributed by atoms with Crippen molar-refractivity contribution in [3.63, 3.8) is 0 Å². The molecule has 0 fully saturated rings. The SMILES string of the molecule is CCCCCCCCCCCCCCCCCCCC(=O)O[C@H](COC(=O)CCCCCCCCCCCC)COC(=O)CCCCCCCCCCCCCCCCCCCCC(C)C. The Kier molecular flexibility index (Phi) is 53.0. The standard InChI is InChI=1S/C60H116O6/c1-5-7-9-11-13-15-17-18-19-22-27-30-33-37-41-45-49-53-60(63)66-57(54-64-58(61)51-47-43-39-35-16-14-12-10-8-6-2)55-65-59(62)52-48-44-40-36-32-29-26-24-21-20-23-25-28-31-34-38-42-46-50-56(3)4/h56-57H,5-55H2,1-4H3/t57-/m1/s1. The van der Waals surface area contributed by atoms with Gasteiger partial charge in [0.25, 0.3) is 0 Å². The normalized spacial score (nSPS) is 12.0. The van der Waals surface area contributed by atoms with Crippen LogP contribution < -0.4 is 0 Å². The van der Waals surface area contributed by atoms with Crippen LogP contribution in [0, 0.1) is 5.92 Å². The van der Waals surface area contributed by atoms with Crippen LogP contribution in [0.3, 0.4) is 0 Å². The first-order chi connectivity index (χ1) is 32.4. The Bertz CT molecular complexity index is 996. The van der Waals surface area contributed by atoms with Gasteiger partial charge in [-0.2, -0.15) is 0 Å². The first kappa shape index (κ1) is 64.4. The highest BCUT2D eigenvalue weighted by Crippen LogP contribution is 2.18. The number of unbranched alkanes of at least 4 members (excludes halogenated alkanes) is 42. The lowest BCUT2D eigenvalue weighted by Crippen LogP contribution is -2.30. The van der Waals surface area contributed by atoms with E-state index in [0.29, 0.717) is 19.3 Å². The van der Waals surface area contributed by atoms with Crippen molar-refractivity contribution in [1.29, 1.82) is 0 Å². The van der Waals surface area contributed by atoms with Crippen LogP contribution in [0.2, 0.25) is 0 Å². The molecule has 0 saturated heterocycles. The molecule has 0 aliphatic carbocycles. The second-order valence-corrected chi connectivity index (χ2v) is 21.1. The van der Waals surface area contributed by atoms with E-state index in [1.54, 1.807) is 0 Å². The summed E-state index contributed by atoms with van der Waals surface area (Å²) in [6.07, 6.45) is 59.6. The minimum atomic E-state index is -0.761. The smallest absolute Gasteiger partial charge is 0.306 e. The van der Waals surface area contributed by atoms with Gasteiger partial charge in [0.05, 0.1) is 0 Å². The molecule has 0 aliphatic rings. The summed E-state index contributed by atoms with van der Waals surface area (Å²) in [6, 6.07) is 0. The van der Waals surface area contributed by atoms with E-state index in [1.165, 1.54) is 238 Å². The molecule has 1 atom stereocenters. The lowest BCUT2D eigenvalue weighted by molar-refractivity contribution is -0.167. The molecular weight excluding hydrogens is 817 g/mol. The van der Waals surface area contributed by atoms with Gasteiger partial charge in [-0.05, 0) is 25.2 Å². The Morgan fingerprint density at radius 3 is 0.742 bits per heavy atom. The van der Waals surface area contributed by atoms with Gasteiger partial charge < -0.3 is 14.2 Å². The molecule has 0 spiro atoms. The largest absolute Gasteiger partial charge is 0.462 e. The molecule has 0 rings (SSSR count). The van der Waals surface area contributed by atoms with E-state index in [0.717, 1.165) is 63.7 Å². The molecular formula is C60H116O6. The van der Waals surface area contributed by atoms with Crippen LogP contribution in [0.1, 0.15) is 342 Å². The molecule has 0 bridgehead atoms. The molecule has 0 saturated carbocycles. The van der Waals surface area contributed by atoms with Gasteiger partial charge in [-0.15, -0.1) is 0 Å². The van der Waals surface area contributed by atoms with Gasteiger partial charge in [-0.25, -0.2) is 0 Å². The summed E-state index contributed by atoms with van der Waals surface area (Å²) < 4.78 is 16.9. The quantitative estimate of drug-likeness (QED) is 0.0343. The van der Waals surface area contributed by atoms with Gasteiger partial charge in [0.2, 0.25) is 0 Å². The Morgan fingerprint density at radius 2 is 0.500 bits per heavy atom. The first-order valence-electron chi connectivity index (χ1n) is 29.9. The maximum absolute atomic E-state index is 12.8. The van der Waals surface area contributed by atoms with Crippen LogP contribution in [0.4, 0.5) is 0 Å². The summed E-state index contributed by atoms with van der Waals surface area (Å²) in [4.78, 5) is 38.1. The fourth-order valence-electron chi connectivity index (χ4n) is 9.28. The molecule has 0 aliphatic heterocycles. The van der Waals surface area contributed by atoms with Crippen molar-refractivity contribution in [1.82, 2.24) is 0 Å². The van der Waals surface area contributed by atoms with Crippen LogP contribution in [0.25, 0.3) is 0 Å². The molecule has 0 amide bonds. The third-order valence-corrected chi connectivity index (χ3v) is 13.8. The summed E-state index contributed by atoms with van der Waals surface area (Å²) in [5.74, 6) is 0.0241. The van der Waals surface area contributed by atoms with Crippen LogP contribution in [-0.4, -0.2) is 37.2 Å². The molecule has 66 heavy (non-hydrogen) atoms. The molecule has 0 aromatic carbocycles. The Labute approximate surface area is 412 Å². The van der Waals surface area contributed by atoms with Crippen molar-refractivity contribution in [2.45, 2.75) is 348 Å². The number of carbonyl (C=O) groups is 3. The second kappa shape index (κ2) is 54.4. The van der Waals surface area contributed by atoms with Crippen LogP contribution in [0.5, 0.6) is 0 Å². The third-order valence-electron chi connectivity index (χ3n) is 13.8. The predicted octanol–water partition coefficient (Wildman–Crippen LogP) is 19.8. The topological polar surface area (TPSA) is 78.9 Å². The van der Waals surface area contributed by atoms with Crippen molar-refractivity contribution in [3.05, 3.63) is 0 Å². The number of hydrogen-bond acceptors (Lipinski definition) is 6. The van der Waals surface area contributed by atoms with Gasteiger partial charge in [0, 0.05) is 19.3 Å². The molecule has 0 radical (unpaired) electrons. The van der Waals surface area contributed by atoms with E-state index < -0.39 is 6.10 Å². The average molecular weight is 934 g/mol. The molecule has 6 heteroatoms. The zero-order chi connectivity index (χ0) is 48.1. The third kappa shape index (κ3) is 53.4. The molecule has 0 heterocycles. The highest BCUT2D eigenvalue weighted by atomic mass is 16.6. The van der Waals surface area contributed by atoms with Gasteiger partial charge in [0.1, 0.15) is 13.2 Å². The lowest BCUT2D eigenvalue weighted by Gasteiger charge is -2.18. The van der Waals surface area contributed by atoms with Crippen LogP contribution in [-0.2, 0) is 28.6 Å².